The smallest absolute Gasteiger partial charge is 0.0259 e. The van der Waals surface area contributed by atoms with E-state index in [1.807, 2.05) is 45.9 Å². The fourth-order valence-corrected chi connectivity index (χ4v) is 3.78. The predicted molar refractivity (Wildman–Crippen MR) is 95.1 cm³/mol. The molecule has 1 aliphatic rings. The zero-order valence-electron chi connectivity index (χ0n) is 18.8. The highest BCUT2D eigenvalue weighted by Gasteiger charge is 2.37. The van der Waals surface area contributed by atoms with E-state index >= 15 is 0 Å². The summed E-state index contributed by atoms with van der Waals surface area (Å²) in [6, 6.07) is 9.24. The first kappa shape index (κ1) is 9.15. The number of fused-ring (bicyclic) bond motifs is 3. The van der Waals surface area contributed by atoms with Crippen LogP contribution in [0.5, 0.6) is 0 Å². The number of hydrogen-bond acceptors (Lipinski definition) is 0. The Labute approximate surface area is 145 Å². The van der Waals surface area contributed by atoms with Crippen molar-refractivity contribution in [3.63, 3.8) is 0 Å². The fourth-order valence-electron chi connectivity index (χ4n) is 3.00. The maximum Gasteiger partial charge on any atom is 0.0259 e. The second-order valence-electron chi connectivity index (χ2n) is 6.93. The maximum absolute atomic E-state index is 8.32. The molecule has 0 aliphatic heterocycles. The molecule has 2 aromatic rings. The summed E-state index contributed by atoms with van der Waals surface area (Å²) in [5, 5.41) is 0. The van der Waals surface area contributed by atoms with Gasteiger partial charge < -0.3 is 0 Å². The van der Waals surface area contributed by atoms with Crippen LogP contribution in [0.2, 0.25) is 0 Å². The Bertz CT molecular complexity index is 902. The van der Waals surface area contributed by atoms with Gasteiger partial charge in [-0.25, -0.2) is 0 Å². The maximum atomic E-state index is 8.32. The van der Waals surface area contributed by atoms with E-state index in [9.17, 15) is 0 Å². The van der Waals surface area contributed by atoms with Crippen LogP contribution in [-0.4, -0.2) is 0 Å². The summed E-state index contributed by atoms with van der Waals surface area (Å²) < 4.78 is 50.6. The van der Waals surface area contributed by atoms with Crippen LogP contribution in [0.15, 0.2) is 34.8 Å². The predicted octanol–water partition coefficient (Wildman–Crippen LogP) is 6.36. The van der Waals surface area contributed by atoms with Gasteiger partial charge in [0.05, 0.1) is 0 Å². The van der Waals surface area contributed by atoms with E-state index in [-0.39, 0.29) is 5.41 Å². The Balaban J connectivity index is 2.56. The van der Waals surface area contributed by atoms with Crippen molar-refractivity contribution in [1.82, 2.24) is 0 Å². The molecule has 2 aromatic carbocycles. The first-order valence-corrected chi connectivity index (χ1v) is 7.87. The molecule has 0 spiro atoms. The van der Waals surface area contributed by atoms with E-state index in [0.717, 1.165) is 15.6 Å². The van der Waals surface area contributed by atoms with Gasteiger partial charge >= 0.3 is 0 Å². The van der Waals surface area contributed by atoms with Gasteiger partial charge in [-0.3, -0.25) is 0 Å². The van der Waals surface area contributed by atoms with Crippen molar-refractivity contribution in [2.45, 2.75) is 52.2 Å². The van der Waals surface area contributed by atoms with Crippen molar-refractivity contribution in [1.29, 1.82) is 0 Å². The molecule has 0 amide bonds. The highest BCUT2D eigenvalue weighted by molar-refractivity contribution is 9.10. The Hall–Kier alpha value is -1.08. The van der Waals surface area contributed by atoms with Gasteiger partial charge in [0, 0.05) is 23.7 Å². The molecule has 0 radical (unpaired) electrons. The average molecular weight is 349 g/mol. The van der Waals surface area contributed by atoms with Crippen LogP contribution in [0.25, 0.3) is 11.1 Å². The summed E-state index contributed by atoms with van der Waals surface area (Å²) in [6.45, 7) is 2.47. The zero-order chi connectivity index (χ0) is 20.6. The molecule has 0 fully saturated rings. The standard InChI is InChI=1S/C20H23Br/c1-12-9-16-18(17(21)10-12)14-8-7-13(19(2,3)4)11-15(14)20(16,5)6/h7-11H,1-6H3/i5D3,6D3. The van der Waals surface area contributed by atoms with E-state index < -0.39 is 19.1 Å². The molecule has 110 valence electrons. The third-order valence-electron chi connectivity index (χ3n) is 4.20. The van der Waals surface area contributed by atoms with E-state index in [2.05, 4.69) is 15.9 Å². The number of hydrogen-bond donors (Lipinski definition) is 0. The number of halogens is 1. The highest BCUT2D eigenvalue weighted by Crippen LogP contribution is 2.52. The van der Waals surface area contributed by atoms with Gasteiger partial charge in [-0.05, 0) is 46.2 Å². The topological polar surface area (TPSA) is 0 Å². The summed E-state index contributed by atoms with van der Waals surface area (Å²) in [4.78, 5) is 0. The minimum Gasteiger partial charge on any atom is -0.0579 e. The van der Waals surface area contributed by atoms with Gasteiger partial charge in [0.15, 0.2) is 0 Å². The van der Waals surface area contributed by atoms with Crippen molar-refractivity contribution in [3.8, 4) is 11.1 Å². The SMILES string of the molecule is [2H]C([2H])([2H])C1(C([2H])([2H])[2H])c2cc(C(C)(C)C)ccc2-c2c(Br)cc(C)cc21. The minimum atomic E-state index is -2.73. The third kappa shape index (κ3) is 2.17. The summed E-state index contributed by atoms with van der Waals surface area (Å²) in [7, 11) is 0. The van der Waals surface area contributed by atoms with Crippen molar-refractivity contribution < 1.29 is 8.22 Å². The Morgan fingerprint density at radius 2 is 1.76 bits per heavy atom. The Morgan fingerprint density at radius 1 is 1.05 bits per heavy atom. The lowest BCUT2D eigenvalue weighted by Gasteiger charge is -2.25. The van der Waals surface area contributed by atoms with Crippen LogP contribution in [0.4, 0.5) is 0 Å². The third-order valence-corrected chi connectivity index (χ3v) is 4.82. The van der Waals surface area contributed by atoms with E-state index in [1.165, 1.54) is 0 Å². The average Bonchev–Trinajstić information content (AvgIpc) is 2.75. The molecule has 0 aromatic heterocycles. The van der Waals surface area contributed by atoms with E-state index in [0.29, 0.717) is 22.3 Å². The minimum absolute atomic E-state index is 0.230. The molecule has 0 atom stereocenters. The Morgan fingerprint density at radius 3 is 2.38 bits per heavy atom. The van der Waals surface area contributed by atoms with Gasteiger partial charge in [-0.1, -0.05) is 74.7 Å². The molecule has 0 unspecified atom stereocenters. The van der Waals surface area contributed by atoms with Crippen LogP contribution in [0.1, 0.15) is 65.0 Å². The Kier molecular flexibility index (Phi) is 1.94. The number of aryl methyl sites for hydroxylation is 1. The van der Waals surface area contributed by atoms with Gasteiger partial charge in [-0.15, -0.1) is 0 Å². The molecular weight excluding hydrogens is 320 g/mol. The van der Waals surface area contributed by atoms with Crippen LogP contribution in [0, 0.1) is 6.92 Å². The molecule has 1 heteroatoms. The van der Waals surface area contributed by atoms with Crippen LogP contribution >= 0.6 is 15.9 Å². The molecular formula is C20H23Br. The molecule has 0 saturated heterocycles. The highest BCUT2D eigenvalue weighted by atomic mass is 79.9. The van der Waals surface area contributed by atoms with E-state index in [4.69, 9.17) is 8.22 Å². The molecule has 0 saturated carbocycles. The summed E-state index contributed by atoms with van der Waals surface area (Å²) in [5.74, 6) is 0. The normalized spacial score (nSPS) is 21.2. The largest absolute Gasteiger partial charge is 0.0579 e. The monoisotopic (exact) mass is 348 g/mol. The lowest BCUT2D eigenvalue weighted by molar-refractivity contribution is 0.584. The van der Waals surface area contributed by atoms with Crippen molar-refractivity contribution >= 4 is 15.9 Å². The van der Waals surface area contributed by atoms with Crippen molar-refractivity contribution in [2.24, 2.45) is 0 Å². The van der Waals surface area contributed by atoms with Gasteiger partial charge in [0.1, 0.15) is 0 Å². The quantitative estimate of drug-likeness (QED) is 0.519. The van der Waals surface area contributed by atoms with Crippen molar-refractivity contribution in [3.05, 3.63) is 57.1 Å². The molecule has 3 rings (SSSR count). The summed E-state index contributed by atoms with van der Waals surface area (Å²) >= 11 is 3.54. The lowest BCUT2D eigenvalue weighted by atomic mass is 9.79. The first-order chi connectivity index (χ1) is 12.1. The number of benzene rings is 2. The molecule has 0 bridgehead atoms. The second kappa shape index (κ2) is 4.46. The second-order valence-corrected chi connectivity index (χ2v) is 7.78. The molecule has 0 N–H and O–H groups in total. The van der Waals surface area contributed by atoms with Gasteiger partial charge in [-0.2, -0.15) is 0 Å². The van der Waals surface area contributed by atoms with Crippen LogP contribution in [-0.2, 0) is 10.8 Å². The molecule has 1 aliphatic carbocycles. The van der Waals surface area contributed by atoms with Gasteiger partial charge in [0.25, 0.3) is 0 Å². The number of rotatable bonds is 0. The fraction of sp³-hybridized carbons (Fsp3) is 0.400. The summed E-state index contributed by atoms with van der Waals surface area (Å²) in [5.41, 5.74) is 1.53. The van der Waals surface area contributed by atoms with Crippen LogP contribution in [0.3, 0.4) is 0 Å². The van der Waals surface area contributed by atoms with Crippen molar-refractivity contribution in [2.75, 3.05) is 0 Å². The summed E-state index contributed by atoms with van der Waals surface area (Å²) in [6.07, 6.45) is 0. The van der Waals surface area contributed by atoms with Gasteiger partial charge in [0.2, 0.25) is 0 Å². The first-order valence-electron chi connectivity index (χ1n) is 10.1. The van der Waals surface area contributed by atoms with E-state index in [1.54, 1.807) is 12.1 Å². The molecule has 0 heterocycles. The zero-order valence-corrected chi connectivity index (χ0v) is 14.4. The molecule has 21 heavy (non-hydrogen) atoms. The van der Waals surface area contributed by atoms with Crippen LogP contribution < -0.4 is 0 Å². The molecule has 0 nitrogen and oxygen atoms in total. The lowest BCUT2D eigenvalue weighted by Crippen LogP contribution is -2.17.